The summed E-state index contributed by atoms with van der Waals surface area (Å²) in [5.41, 5.74) is -0.443. The average molecular weight is 454 g/mol. The molecule has 3 rings (SSSR count). The van der Waals surface area contributed by atoms with Crippen molar-refractivity contribution in [1.82, 2.24) is 14.5 Å². The summed E-state index contributed by atoms with van der Waals surface area (Å²) in [6.07, 6.45) is 0.592. The second kappa shape index (κ2) is 9.40. The van der Waals surface area contributed by atoms with Gasteiger partial charge in [-0.1, -0.05) is 0 Å². The smallest absolute Gasteiger partial charge is 0.409 e. The van der Waals surface area contributed by atoms with Crippen molar-refractivity contribution in [3.8, 4) is 5.75 Å². The van der Waals surface area contributed by atoms with Gasteiger partial charge in [-0.15, -0.1) is 0 Å². The SMILES string of the molecule is COc1ccc(N2CCN(C(=O)OCC(C)(O)Cn3cc([N+](=O)[O-])nc3Cl)CC2)cc1. The zero-order valence-electron chi connectivity index (χ0n) is 17.2. The Morgan fingerprint density at radius 2 is 1.94 bits per heavy atom. The van der Waals surface area contributed by atoms with E-state index < -0.39 is 22.4 Å². The van der Waals surface area contributed by atoms with Crippen LogP contribution in [0, 0.1) is 10.1 Å². The van der Waals surface area contributed by atoms with Crippen LogP contribution in [0.25, 0.3) is 0 Å². The van der Waals surface area contributed by atoms with Crippen molar-refractivity contribution in [3.63, 3.8) is 0 Å². The summed E-state index contributed by atoms with van der Waals surface area (Å²) in [6.45, 7) is 3.28. The van der Waals surface area contributed by atoms with E-state index in [4.69, 9.17) is 21.1 Å². The predicted octanol–water partition coefficient (Wildman–Crippen LogP) is 2.16. The topological polar surface area (TPSA) is 123 Å². The van der Waals surface area contributed by atoms with Crippen molar-refractivity contribution < 1.29 is 24.3 Å². The third kappa shape index (κ3) is 5.76. The van der Waals surface area contributed by atoms with E-state index >= 15 is 0 Å². The predicted molar refractivity (Wildman–Crippen MR) is 113 cm³/mol. The van der Waals surface area contributed by atoms with Crippen LogP contribution in [0.1, 0.15) is 6.92 Å². The van der Waals surface area contributed by atoms with Gasteiger partial charge < -0.3 is 34.5 Å². The summed E-state index contributed by atoms with van der Waals surface area (Å²) in [4.78, 5) is 29.8. The molecule has 0 radical (unpaired) electrons. The quantitative estimate of drug-likeness (QED) is 0.499. The highest BCUT2D eigenvalue weighted by Gasteiger charge is 2.29. The van der Waals surface area contributed by atoms with Crippen molar-refractivity contribution in [3.05, 3.63) is 45.9 Å². The van der Waals surface area contributed by atoms with Gasteiger partial charge in [0.15, 0.2) is 0 Å². The number of nitro groups is 1. The molecule has 1 aromatic carbocycles. The maximum Gasteiger partial charge on any atom is 0.409 e. The minimum Gasteiger partial charge on any atom is -0.497 e. The van der Waals surface area contributed by atoms with Gasteiger partial charge in [0.1, 0.15) is 24.2 Å². The van der Waals surface area contributed by atoms with Crippen LogP contribution in [-0.2, 0) is 11.3 Å². The first kappa shape index (κ1) is 22.6. The number of carbonyl (C=O) groups is 1. The van der Waals surface area contributed by atoms with Crippen LogP contribution in [0.5, 0.6) is 5.75 Å². The number of aromatic nitrogens is 2. The molecule has 1 aliphatic rings. The third-order valence-corrected chi connectivity index (χ3v) is 5.20. The molecule has 0 aliphatic carbocycles. The van der Waals surface area contributed by atoms with E-state index in [-0.39, 0.29) is 18.4 Å². The van der Waals surface area contributed by atoms with Crippen molar-refractivity contribution in [1.29, 1.82) is 0 Å². The van der Waals surface area contributed by atoms with Gasteiger partial charge in [0.25, 0.3) is 0 Å². The number of imidazole rings is 1. The minimum absolute atomic E-state index is 0.120. The molecule has 11 nitrogen and oxygen atoms in total. The van der Waals surface area contributed by atoms with Gasteiger partial charge in [0.05, 0.1) is 13.7 Å². The van der Waals surface area contributed by atoms with E-state index in [1.165, 1.54) is 11.5 Å². The third-order valence-electron chi connectivity index (χ3n) is 4.90. The summed E-state index contributed by atoms with van der Waals surface area (Å²) in [5, 5.41) is 21.2. The largest absolute Gasteiger partial charge is 0.497 e. The molecule has 1 amide bonds. The Balaban J connectivity index is 1.48. The van der Waals surface area contributed by atoms with Gasteiger partial charge in [-0.25, -0.2) is 4.79 Å². The number of amides is 1. The van der Waals surface area contributed by atoms with E-state index in [1.807, 2.05) is 24.3 Å². The number of hydrogen-bond acceptors (Lipinski definition) is 8. The van der Waals surface area contributed by atoms with E-state index in [2.05, 4.69) is 9.88 Å². The first-order valence-electron chi connectivity index (χ1n) is 9.59. The van der Waals surface area contributed by atoms with Crippen molar-refractivity contribution in [2.24, 2.45) is 0 Å². The van der Waals surface area contributed by atoms with Gasteiger partial charge >= 0.3 is 17.2 Å². The lowest BCUT2D eigenvalue weighted by Gasteiger charge is -2.36. The van der Waals surface area contributed by atoms with E-state index in [9.17, 15) is 20.0 Å². The molecule has 1 saturated heterocycles. The summed E-state index contributed by atoms with van der Waals surface area (Å²) >= 11 is 5.87. The number of ether oxygens (including phenoxy) is 2. The number of benzene rings is 1. The highest BCUT2D eigenvalue weighted by Crippen LogP contribution is 2.22. The molecule has 1 fully saturated rings. The molecule has 1 aromatic heterocycles. The minimum atomic E-state index is -1.49. The molecule has 168 valence electrons. The number of anilines is 1. The Bertz CT molecular complexity index is 924. The lowest BCUT2D eigenvalue weighted by atomic mass is 10.1. The molecule has 2 heterocycles. The number of hydrogen-bond donors (Lipinski definition) is 1. The second-order valence-electron chi connectivity index (χ2n) is 7.48. The molecule has 0 bridgehead atoms. The molecule has 0 saturated carbocycles. The lowest BCUT2D eigenvalue weighted by molar-refractivity contribution is -0.389. The van der Waals surface area contributed by atoms with Crippen LogP contribution in [0.4, 0.5) is 16.3 Å². The number of carbonyl (C=O) groups excluding carboxylic acids is 1. The summed E-state index contributed by atoms with van der Waals surface area (Å²) in [5.74, 6) is 0.358. The molecule has 1 N–H and O–H groups in total. The summed E-state index contributed by atoms with van der Waals surface area (Å²) < 4.78 is 11.7. The Morgan fingerprint density at radius 1 is 1.29 bits per heavy atom. The van der Waals surface area contributed by atoms with Crippen LogP contribution in [0.2, 0.25) is 5.28 Å². The monoisotopic (exact) mass is 453 g/mol. The molecular weight excluding hydrogens is 430 g/mol. The number of nitrogens with zero attached hydrogens (tertiary/aromatic N) is 5. The normalized spacial score (nSPS) is 16.0. The Labute approximate surface area is 183 Å². The molecule has 2 aromatic rings. The average Bonchev–Trinajstić information content (AvgIpc) is 3.12. The first-order valence-corrected chi connectivity index (χ1v) is 9.96. The lowest BCUT2D eigenvalue weighted by Crippen LogP contribution is -2.50. The molecule has 0 spiro atoms. The van der Waals surface area contributed by atoms with Crippen molar-refractivity contribution in [2.45, 2.75) is 19.1 Å². The summed E-state index contributed by atoms with van der Waals surface area (Å²) in [7, 11) is 1.62. The van der Waals surface area contributed by atoms with E-state index in [0.29, 0.717) is 26.2 Å². The highest BCUT2D eigenvalue weighted by atomic mass is 35.5. The maximum atomic E-state index is 12.4. The van der Waals surface area contributed by atoms with Gasteiger partial charge in [0, 0.05) is 31.9 Å². The number of piperazine rings is 1. The number of methoxy groups -OCH3 is 1. The zero-order chi connectivity index (χ0) is 22.6. The first-order chi connectivity index (χ1) is 14.7. The fourth-order valence-electron chi connectivity index (χ4n) is 3.24. The van der Waals surface area contributed by atoms with Gasteiger partial charge in [0.2, 0.25) is 0 Å². The van der Waals surface area contributed by atoms with E-state index in [1.54, 1.807) is 12.0 Å². The summed E-state index contributed by atoms with van der Waals surface area (Å²) in [6, 6.07) is 7.71. The molecule has 31 heavy (non-hydrogen) atoms. The van der Waals surface area contributed by atoms with Crippen molar-refractivity contribution >= 4 is 29.2 Å². The fraction of sp³-hybridized carbons (Fsp3) is 0.474. The van der Waals surface area contributed by atoms with Crippen LogP contribution in [0.3, 0.4) is 0 Å². The Kier molecular flexibility index (Phi) is 6.86. The maximum absolute atomic E-state index is 12.4. The zero-order valence-corrected chi connectivity index (χ0v) is 18.0. The van der Waals surface area contributed by atoms with E-state index in [0.717, 1.165) is 17.6 Å². The number of rotatable bonds is 7. The Morgan fingerprint density at radius 3 is 2.48 bits per heavy atom. The Hall–Kier alpha value is -3.05. The molecule has 1 aliphatic heterocycles. The molecule has 12 heteroatoms. The molecule has 1 atom stereocenters. The van der Waals surface area contributed by atoms with Crippen LogP contribution < -0.4 is 9.64 Å². The standard InChI is InChI=1S/C19H24ClN5O6/c1-19(27,12-24-11-16(25(28)29)21-17(24)20)13-31-18(26)23-9-7-22(8-10-23)14-3-5-15(30-2)6-4-14/h3-6,11,27H,7-10,12-13H2,1-2H3. The van der Waals surface area contributed by atoms with Gasteiger partial charge in [-0.2, -0.15) is 0 Å². The number of aliphatic hydroxyl groups is 1. The van der Waals surface area contributed by atoms with Gasteiger partial charge in [-0.3, -0.25) is 4.57 Å². The molecular formula is C19H24ClN5O6. The van der Waals surface area contributed by atoms with Crippen LogP contribution >= 0.6 is 11.6 Å². The van der Waals surface area contributed by atoms with Crippen molar-refractivity contribution in [2.75, 3.05) is 44.8 Å². The van der Waals surface area contributed by atoms with Crippen LogP contribution in [0.15, 0.2) is 30.5 Å². The fourth-order valence-corrected chi connectivity index (χ4v) is 3.44. The highest BCUT2D eigenvalue weighted by molar-refractivity contribution is 6.28. The number of halogens is 1. The molecule has 1 unspecified atom stereocenters. The van der Waals surface area contributed by atoms with Gasteiger partial charge in [-0.05, 0) is 52.7 Å². The second-order valence-corrected chi connectivity index (χ2v) is 7.81. The van der Waals surface area contributed by atoms with Crippen LogP contribution in [-0.4, -0.2) is 76.1 Å².